The van der Waals surface area contributed by atoms with Crippen molar-refractivity contribution in [2.75, 3.05) is 26.4 Å². The van der Waals surface area contributed by atoms with Crippen LogP contribution in [0.25, 0.3) is 0 Å². The van der Waals surface area contributed by atoms with Gasteiger partial charge in [-0.15, -0.1) is 5.10 Å². The van der Waals surface area contributed by atoms with Crippen LogP contribution in [-0.4, -0.2) is 48.7 Å². The minimum Gasteiger partial charge on any atom is -0.312 e. The summed E-state index contributed by atoms with van der Waals surface area (Å²) in [5.74, 6) is 0.387. The highest BCUT2D eigenvalue weighted by Crippen LogP contribution is 2.31. The van der Waals surface area contributed by atoms with E-state index in [1.807, 2.05) is 7.05 Å². The molecule has 1 saturated heterocycles. The van der Waals surface area contributed by atoms with E-state index in [1.54, 1.807) is 4.31 Å². The van der Waals surface area contributed by atoms with E-state index in [0.717, 1.165) is 31.4 Å². The Balaban J connectivity index is 2.05. The minimum atomic E-state index is -3.08. The molecule has 1 aliphatic rings. The highest BCUT2D eigenvalue weighted by molar-refractivity contribution is 7.88. The van der Waals surface area contributed by atoms with E-state index in [-0.39, 0.29) is 6.04 Å². The van der Waals surface area contributed by atoms with Crippen LogP contribution in [0.5, 0.6) is 0 Å². The second kappa shape index (κ2) is 7.13. The second-order valence-corrected chi connectivity index (χ2v) is 8.41. The molecule has 120 valence electrons. The largest absolute Gasteiger partial charge is 0.312 e. The molecule has 1 fully saturated rings. The maximum absolute atomic E-state index is 11.7. The van der Waals surface area contributed by atoms with Gasteiger partial charge in [0.1, 0.15) is 0 Å². The van der Waals surface area contributed by atoms with Crippen molar-refractivity contribution in [1.82, 2.24) is 19.2 Å². The number of sulfonamides is 1. The average Bonchev–Trinajstić information content (AvgIpc) is 2.92. The number of nitrogens with zero attached hydrogens (tertiary/aromatic N) is 3. The molecule has 0 aliphatic carbocycles. The number of aromatic nitrogens is 2. The molecule has 6 nitrogen and oxygen atoms in total. The Kier molecular flexibility index (Phi) is 5.70. The molecule has 21 heavy (non-hydrogen) atoms. The van der Waals surface area contributed by atoms with E-state index < -0.39 is 10.0 Å². The first-order valence-corrected chi connectivity index (χ1v) is 10.0. The van der Waals surface area contributed by atoms with Gasteiger partial charge in [0, 0.05) is 19.1 Å². The van der Waals surface area contributed by atoms with E-state index in [4.69, 9.17) is 0 Å². The van der Waals surface area contributed by atoms with E-state index in [2.05, 4.69) is 21.8 Å². The maximum atomic E-state index is 11.7. The Morgan fingerprint density at radius 2 is 2.29 bits per heavy atom. The van der Waals surface area contributed by atoms with Gasteiger partial charge in [0.2, 0.25) is 10.0 Å². The molecule has 2 heterocycles. The smallest absolute Gasteiger partial charge is 0.211 e. The lowest BCUT2D eigenvalue weighted by Crippen LogP contribution is -2.40. The molecule has 0 bridgehead atoms. The normalized spacial score (nSPS) is 22.3. The zero-order valence-corrected chi connectivity index (χ0v) is 14.5. The summed E-state index contributed by atoms with van der Waals surface area (Å²) in [4.78, 5) is 1.19. The van der Waals surface area contributed by atoms with E-state index in [0.29, 0.717) is 19.0 Å². The van der Waals surface area contributed by atoms with Crippen LogP contribution in [0.4, 0.5) is 0 Å². The zero-order valence-electron chi connectivity index (χ0n) is 12.9. The highest BCUT2D eigenvalue weighted by Gasteiger charge is 2.29. The predicted octanol–water partition coefficient (Wildman–Crippen LogP) is 1.42. The molecule has 2 unspecified atom stereocenters. The summed E-state index contributed by atoms with van der Waals surface area (Å²) in [6.07, 6.45) is 5.13. The van der Waals surface area contributed by atoms with E-state index >= 15 is 0 Å². The van der Waals surface area contributed by atoms with Gasteiger partial charge < -0.3 is 5.32 Å². The molecular weight excluding hydrogens is 308 g/mol. The number of hydrogen-bond donors (Lipinski definition) is 1. The van der Waals surface area contributed by atoms with Crippen molar-refractivity contribution in [3.8, 4) is 0 Å². The summed E-state index contributed by atoms with van der Waals surface area (Å²) in [5.41, 5.74) is 1.05. The van der Waals surface area contributed by atoms with Crippen molar-refractivity contribution in [3.05, 3.63) is 10.6 Å². The van der Waals surface area contributed by atoms with Crippen LogP contribution >= 0.6 is 11.5 Å². The van der Waals surface area contributed by atoms with Crippen LogP contribution in [0.15, 0.2) is 0 Å². The molecule has 0 radical (unpaired) electrons. The van der Waals surface area contributed by atoms with Crippen LogP contribution in [0.2, 0.25) is 0 Å². The first-order valence-electron chi connectivity index (χ1n) is 7.39. The van der Waals surface area contributed by atoms with Gasteiger partial charge in [-0.25, -0.2) is 12.7 Å². The highest BCUT2D eigenvalue weighted by atomic mass is 32.2. The lowest BCUT2D eigenvalue weighted by molar-refractivity contribution is 0.241. The summed E-state index contributed by atoms with van der Waals surface area (Å²) >= 11 is 1.45. The molecule has 8 heteroatoms. The average molecular weight is 332 g/mol. The fraction of sp³-hybridized carbons (Fsp3) is 0.846. The van der Waals surface area contributed by atoms with Gasteiger partial charge in [0.05, 0.1) is 16.8 Å². The first-order chi connectivity index (χ1) is 9.95. The monoisotopic (exact) mass is 332 g/mol. The van der Waals surface area contributed by atoms with Gasteiger partial charge in [0.15, 0.2) is 0 Å². The third-order valence-electron chi connectivity index (χ3n) is 4.10. The fourth-order valence-electron chi connectivity index (χ4n) is 2.94. The third kappa shape index (κ3) is 4.21. The van der Waals surface area contributed by atoms with Gasteiger partial charge in [-0.2, -0.15) is 0 Å². The Morgan fingerprint density at radius 3 is 2.90 bits per heavy atom. The summed E-state index contributed by atoms with van der Waals surface area (Å²) in [5, 5.41) is 7.52. The Bertz CT molecular complexity index is 558. The number of piperidine rings is 1. The van der Waals surface area contributed by atoms with Gasteiger partial charge in [-0.3, -0.25) is 0 Å². The van der Waals surface area contributed by atoms with Gasteiger partial charge >= 0.3 is 0 Å². The zero-order chi connectivity index (χ0) is 15.5. The molecule has 1 aliphatic heterocycles. The summed E-state index contributed by atoms with van der Waals surface area (Å²) in [6, 6.07) is 0.212. The van der Waals surface area contributed by atoms with Crippen LogP contribution < -0.4 is 5.32 Å². The lowest BCUT2D eigenvalue weighted by atomic mass is 9.91. The molecule has 1 N–H and O–H groups in total. The number of aryl methyl sites for hydroxylation is 1. The molecule has 0 aromatic carbocycles. The van der Waals surface area contributed by atoms with Crippen LogP contribution in [0.3, 0.4) is 0 Å². The number of hydrogen-bond acceptors (Lipinski definition) is 6. The van der Waals surface area contributed by atoms with Crippen molar-refractivity contribution in [2.45, 2.75) is 38.6 Å². The van der Waals surface area contributed by atoms with Crippen molar-refractivity contribution in [1.29, 1.82) is 0 Å². The Morgan fingerprint density at radius 1 is 1.52 bits per heavy atom. The molecule has 2 rings (SSSR count). The van der Waals surface area contributed by atoms with Crippen LogP contribution in [0, 0.1) is 5.92 Å². The molecule has 1 aromatic rings. The Labute approximate surface area is 131 Å². The van der Waals surface area contributed by atoms with Crippen molar-refractivity contribution >= 4 is 21.6 Å². The number of nitrogens with one attached hydrogen (secondary N) is 1. The van der Waals surface area contributed by atoms with E-state index in [1.165, 1.54) is 22.7 Å². The van der Waals surface area contributed by atoms with E-state index in [9.17, 15) is 8.42 Å². The van der Waals surface area contributed by atoms with Crippen LogP contribution in [0.1, 0.15) is 42.8 Å². The lowest BCUT2D eigenvalue weighted by Gasteiger charge is -2.32. The number of rotatable bonds is 6. The summed E-state index contributed by atoms with van der Waals surface area (Å²) in [6.45, 7) is 3.37. The maximum Gasteiger partial charge on any atom is 0.211 e. The van der Waals surface area contributed by atoms with Gasteiger partial charge in [-0.05, 0) is 50.2 Å². The molecule has 0 amide bonds. The quantitative estimate of drug-likeness (QED) is 0.853. The minimum absolute atomic E-state index is 0.212. The van der Waals surface area contributed by atoms with Crippen molar-refractivity contribution in [3.63, 3.8) is 0 Å². The molecule has 0 saturated carbocycles. The van der Waals surface area contributed by atoms with Crippen LogP contribution in [-0.2, 0) is 16.4 Å². The summed E-state index contributed by atoms with van der Waals surface area (Å²) < 4.78 is 29.1. The second-order valence-electron chi connectivity index (χ2n) is 5.64. The molecule has 1 aromatic heterocycles. The van der Waals surface area contributed by atoms with Gasteiger partial charge in [0.25, 0.3) is 0 Å². The Hall–Kier alpha value is -0.570. The fourth-order valence-corrected chi connectivity index (χ4v) is 4.74. The summed E-state index contributed by atoms with van der Waals surface area (Å²) in [7, 11) is -1.13. The molecular formula is C13H24N4O2S2. The first kappa shape index (κ1) is 16.8. The molecule has 0 spiro atoms. The van der Waals surface area contributed by atoms with Gasteiger partial charge in [-0.1, -0.05) is 11.4 Å². The van der Waals surface area contributed by atoms with Crippen molar-refractivity contribution < 1.29 is 8.42 Å². The standard InChI is InChI=1S/C13H24N4O2S2/c1-4-11-13(20-16-15-11)12(14-2)8-10-6-5-7-17(9-10)21(3,18)19/h10,12,14H,4-9H2,1-3H3. The predicted molar refractivity (Wildman–Crippen MR) is 84.8 cm³/mol. The third-order valence-corrected chi connectivity index (χ3v) is 6.25. The molecule has 2 atom stereocenters. The van der Waals surface area contributed by atoms with Crippen molar-refractivity contribution in [2.24, 2.45) is 5.92 Å². The SMILES string of the molecule is CCc1nnsc1C(CC1CCCN(S(C)(=O)=O)C1)NC. The topological polar surface area (TPSA) is 75.2 Å².